The molecule has 0 bridgehead atoms. The maximum atomic E-state index is 12.7. The minimum absolute atomic E-state index is 0.126. The molecule has 1 fully saturated rings. The quantitative estimate of drug-likeness (QED) is 0.822. The van der Waals surface area contributed by atoms with Gasteiger partial charge in [-0.25, -0.2) is 0 Å². The van der Waals surface area contributed by atoms with Crippen molar-refractivity contribution < 1.29 is 4.79 Å². The predicted octanol–water partition coefficient (Wildman–Crippen LogP) is 3.70. The summed E-state index contributed by atoms with van der Waals surface area (Å²) in [6.45, 7) is 0.637. The molecule has 120 valence electrons. The number of nitrogens with two attached hydrogens (primary N) is 1. The van der Waals surface area contributed by atoms with Gasteiger partial charge in [-0.3, -0.25) is 4.79 Å². The van der Waals surface area contributed by atoms with Crippen molar-refractivity contribution >= 4 is 23.2 Å². The van der Waals surface area contributed by atoms with Crippen LogP contribution in [-0.4, -0.2) is 12.5 Å². The van der Waals surface area contributed by atoms with E-state index in [4.69, 9.17) is 17.3 Å². The van der Waals surface area contributed by atoms with Crippen LogP contribution in [0, 0.1) is 0 Å². The molecule has 1 aliphatic carbocycles. The topological polar surface area (TPSA) is 55.1 Å². The van der Waals surface area contributed by atoms with Gasteiger partial charge < -0.3 is 11.1 Å². The van der Waals surface area contributed by atoms with Gasteiger partial charge in [0.05, 0.1) is 5.41 Å². The van der Waals surface area contributed by atoms with Crippen molar-refractivity contribution in [2.45, 2.75) is 31.1 Å². The zero-order valence-electron chi connectivity index (χ0n) is 13.0. The summed E-state index contributed by atoms with van der Waals surface area (Å²) < 4.78 is 0. The van der Waals surface area contributed by atoms with E-state index in [0.29, 0.717) is 11.6 Å². The first-order valence-electron chi connectivity index (χ1n) is 7.99. The Morgan fingerprint density at radius 3 is 2.30 bits per heavy atom. The highest BCUT2D eigenvalue weighted by Gasteiger charge is 2.45. The molecule has 3 N–H and O–H groups in total. The van der Waals surface area contributed by atoms with Crippen LogP contribution in [0.4, 0.5) is 5.69 Å². The lowest BCUT2D eigenvalue weighted by Gasteiger charge is -2.40. The molecule has 1 saturated carbocycles. The van der Waals surface area contributed by atoms with Gasteiger partial charge >= 0.3 is 0 Å². The average molecular weight is 329 g/mol. The van der Waals surface area contributed by atoms with Crippen molar-refractivity contribution in [2.24, 2.45) is 0 Å². The van der Waals surface area contributed by atoms with E-state index in [1.165, 1.54) is 5.56 Å². The van der Waals surface area contributed by atoms with Gasteiger partial charge in [-0.2, -0.15) is 0 Å². The Balaban J connectivity index is 1.62. The summed E-state index contributed by atoms with van der Waals surface area (Å²) in [6.07, 6.45) is 3.71. The molecule has 0 atom stereocenters. The number of nitrogen functional groups attached to an aromatic ring is 1. The second kappa shape index (κ2) is 6.63. The number of hydrogen-bond acceptors (Lipinski definition) is 2. The monoisotopic (exact) mass is 328 g/mol. The van der Waals surface area contributed by atoms with Crippen LogP contribution in [-0.2, 0) is 16.6 Å². The largest absolute Gasteiger partial charge is 0.399 e. The first-order valence-corrected chi connectivity index (χ1v) is 8.37. The van der Waals surface area contributed by atoms with Gasteiger partial charge in [0.1, 0.15) is 0 Å². The number of nitrogens with one attached hydrogen (secondary N) is 1. The predicted molar refractivity (Wildman–Crippen MR) is 94.5 cm³/mol. The van der Waals surface area contributed by atoms with E-state index in [0.717, 1.165) is 36.9 Å². The minimum atomic E-state index is -0.369. The number of anilines is 1. The summed E-state index contributed by atoms with van der Waals surface area (Å²) in [5.74, 6) is 0.126. The van der Waals surface area contributed by atoms with E-state index >= 15 is 0 Å². The van der Waals surface area contributed by atoms with Gasteiger partial charge in [-0.1, -0.05) is 42.3 Å². The smallest absolute Gasteiger partial charge is 0.230 e. The fourth-order valence-corrected chi connectivity index (χ4v) is 3.25. The SMILES string of the molecule is Nc1ccc(CCNC(=O)C2(c3ccc(Cl)cc3)CCC2)cc1. The summed E-state index contributed by atoms with van der Waals surface area (Å²) >= 11 is 5.96. The second-order valence-corrected chi connectivity index (χ2v) is 6.63. The van der Waals surface area contributed by atoms with Crippen molar-refractivity contribution in [3.63, 3.8) is 0 Å². The number of hydrogen-bond donors (Lipinski definition) is 2. The van der Waals surface area contributed by atoms with Crippen molar-refractivity contribution in [1.82, 2.24) is 5.32 Å². The number of halogens is 1. The van der Waals surface area contributed by atoms with Crippen LogP contribution in [0.15, 0.2) is 48.5 Å². The third-order valence-electron chi connectivity index (χ3n) is 4.72. The van der Waals surface area contributed by atoms with E-state index < -0.39 is 0 Å². The standard InChI is InChI=1S/C19H21ClN2O/c20-16-6-4-15(5-7-16)19(11-1-12-19)18(23)22-13-10-14-2-8-17(21)9-3-14/h2-9H,1,10-13,21H2,(H,22,23). The molecule has 0 heterocycles. The van der Waals surface area contributed by atoms with Gasteiger partial charge in [0.25, 0.3) is 0 Å². The van der Waals surface area contributed by atoms with Crippen LogP contribution in [0.3, 0.4) is 0 Å². The van der Waals surface area contributed by atoms with Gasteiger partial charge in [-0.05, 0) is 54.7 Å². The fourth-order valence-electron chi connectivity index (χ4n) is 3.12. The van der Waals surface area contributed by atoms with E-state index in [1.54, 1.807) is 0 Å². The summed E-state index contributed by atoms with van der Waals surface area (Å²) in [5, 5.41) is 3.80. The first kappa shape index (κ1) is 15.9. The van der Waals surface area contributed by atoms with Gasteiger partial charge in [0, 0.05) is 17.3 Å². The Bertz CT molecular complexity index is 676. The Hall–Kier alpha value is -2.00. The molecule has 0 aromatic heterocycles. The highest BCUT2D eigenvalue weighted by atomic mass is 35.5. The lowest BCUT2D eigenvalue weighted by atomic mass is 9.64. The molecular formula is C19H21ClN2O. The van der Waals surface area contributed by atoms with Crippen LogP contribution in [0.5, 0.6) is 0 Å². The highest BCUT2D eigenvalue weighted by Crippen LogP contribution is 2.44. The number of benzene rings is 2. The van der Waals surface area contributed by atoms with Crippen LogP contribution >= 0.6 is 11.6 Å². The summed E-state index contributed by atoms with van der Waals surface area (Å²) in [4.78, 5) is 12.7. The van der Waals surface area contributed by atoms with Gasteiger partial charge in [0.15, 0.2) is 0 Å². The summed E-state index contributed by atoms with van der Waals surface area (Å²) in [6, 6.07) is 15.4. The maximum Gasteiger partial charge on any atom is 0.230 e. The molecule has 3 rings (SSSR count). The van der Waals surface area contributed by atoms with Gasteiger partial charge in [-0.15, -0.1) is 0 Å². The first-order chi connectivity index (χ1) is 11.1. The normalized spacial score (nSPS) is 15.7. The number of carbonyl (C=O) groups excluding carboxylic acids is 1. The Labute approximate surface area is 141 Å². The molecule has 0 aliphatic heterocycles. The van der Waals surface area contributed by atoms with Crippen molar-refractivity contribution in [3.8, 4) is 0 Å². The van der Waals surface area contributed by atoms with Crippen molar-refractivity contribution in [3.05, 3.63) is 64.7 Å². The highest BCUT2D eigenvalue weighted by molar-refractivity contribution is 6.30. The number of amides is 1. The molecule has 3 nitrogen and oxygen atoms in total. The molecule has 2 aromatic rings. The molecule has 0 unspecified atom stereocenters. The summed E-state index contributed by atoms with van der Waals surface area (Å²) in [5.41, 5.74) is 8.31. The third-order valence-corrected chi connectivity index (χ3v) is 4.97. The number of rotatable bonds is 5. The van der Waals surface area contributed by atoms with Crippen LogP contribution in [0.25, 0.3) is 0 Å². The molecule has 0 spiro atoms. The van der Waals surface area contributed by atoms with Crippen molar-refractivity contribution in [1.29, 1.82) is 0 Å². The molecular weight excluding hydrogens is 308 g/mol. The van der Waals surface area contributed by atoms with Crippen LogP contribution in [0.1, 0.15) is 30.4 Å². The Morgan fingerprint density at radius 1 is 1.09 bits per heavy atom. The molecule has 0 radical (unpaired) electrons. The number of carbonyl (C=O) groups is 1. The Morgan fingerprint density at radius 2 is 1.74 bits per heavy atom. The second-order valence-electron chi connectivity index (χ2n) is 6.19. The van der Waals surface area contributed by atoms with Gasteiger partial charge in [0.2, 0.25) is 5.91 Å². The van der Waals surface area contributed by atoms with Crippen molar-refractivity contribution in [2.75, 3.05) is 12.3 Å². The fraction of sp³-hybridized carbons (Fsp3) is 0.316. The van der Waals surface area contributed by atoms with E-state index in [2.05, 4.69) is 5.32 Å². The molecule has 1 aliphatic rings. The van der Waals surface area contributed by atoms with E-state index in [-0.39, 0.29) is 11.3 Å². The third kappa shape index (κ3) is 3.35. The molecule has 1 amide bonds. The summed E-state index contributed by atoms with van der Waals surface area (Å²) in [7, 11) is 0. The zero-order valence-corrected chi connectivity index (χ0v) is 13.8. The van der Waals surface area contributed by atoms with Crippen LogP contribution in [0.2, 0.25) is 5.02 Å². The average Bonchev–Trinajstić information content (AvgIpc) is 2.50. The molecule has 23 heavy (non-hydrogen) atoms. The Kier molecular flexibility index (Phi) is 4.58. The molecule has 2 aromatic carbocycles. The molecule has 0 saturated heterocycles. The van der Waals surface area contributed by atoms with E-state index in [1.807, 2.05) is 48.5 Å². The molecule has 4 heteroatoms. The van der Waals surface area contributed by atoms with Crippen LogP contribution < -0.4 is 11.1 Å². The minimum Gasteiger partial charge on any atom is -0.399 e. The lowest BCUT2D eigenvalue weighted by molar-refractivity contribution is -0.129. The zero-order chi connectivity index (χ0) is 16.3. The maximum absolute atomic E-state index is 12.7. The lowest BCUT2D eigenvalue weighted by Crippen LogP contribution is -2.49. The van der Waals surface area contributed by atoms with E-state index in [9.17, 15) is 4.79 Å².